The summed E-state index contributed by atoms with van der Waals surface area (Å²) in [5, 5.41) is 7.97. The van der Waals surface area contributed by atoms with E-state index in [1.54, 1.807) is 4.68 Å². The van der Waals surface area contributed by atoms with Crippen LogP contribution in [0.25, 0.3) is 11.3 Å². The van der Waals surface area contributed by atoms with Gasteiger partial charge < -0.3 is 0 Å². The standard InChI is InChI=1S/C12H14ClN3O2S/c1-9(2)16-12(10-6-4-3-5-7-10)11(14-15-16)8-19(13,17)18/h3-7,9H,8H2,1-2H3. The highest BCUT2D eigenvalue weighted by atomic mass is 35.7. The van der Waals surface area contributed by atoms with Gasteiger partial charge in [-0.3, -0.25) is 0 Å². The second-order valence-electron chi connectivity index (χ2n) is 4.47. The van der Waals surface area contributed by atoms with Gasteiger partial charge in [-0.15, -0.1) is 5.10 Å². The van der Waals surface area contributed by atoms with Crippen LogP contribution in [0.15, 0.2) is 30.3 Å². The average molecular weight is 300 g/mol. The Morgan fingerprint density at radius 3 is 2.42 bits per heavy atom. The van der Waals surface area contributed by atoms with E-state index < -0.39 is 9.05 Å². The molecule has 0 radical (unpaired) electrons. The van der Waals surface area contributed by atoms with E-state index in [4.69, 9.17) is 10.7 Å². The van der Waals surface area contributed by atoms with E-state index >= 15 is 0 Å². The first-order chi connectivity index (χ1) is 8.88. The molecule has 0 fully saturated rings. The van der Waals surface area contributed by atoms with Crippen LogP contribution < -0.4 is 0 Å². The van der Waals surface area contributed by atoms with Crippen molar-refractivity contribution >= 4 is 19.7 Å². The normalized spacial score (nSPS) is 12.0. The Kier molecular flexibility index (Phi) is 3.91. The lowest BCUT2D eigenvalue weighted by molar-refractivity contribution is 0.519. The fraction of sp³-hybridized carbons (Fsp3) is 0.333. The van der Waals surface area contributed by atoms with Crippen LogP contribution in [-0.2, 0) is 14.8 Å². The van der Waals surface area contributed by atoms with Gasteiger partial charge in [-0.25, -0.2) is 13.1 Å². The molecule has 2 aromatic rings. The molecule has 0 N–H and O–H groups in total. The summed E-state index contributed by atoms with van der Waals surface area (Å²) < 4.78 is 24.2. The molecule has 0 unspecified atom stereocenters. The fourth-order valence-corrected chi connectivity index (χ4v) is 2.67. The zero-order valence-electron chi connectivity index (χ0n) is 10.6. The zero-order chi connectivity index (χ0) is 14.0. The number of rotatable bonds is 4. The van der Waals surface area contributed by atoms with Gasteiger partial charge in [0.2, 0.25) is 9.05 Å². The van der Waals surface area contributed by atoms with Gasteiger partial charge in [0.15, 0.2) is 0 Å². The topological polar surface area (TPSA) is 64.8 Å². The van der Waals surface area contributed by atoms with Crippen LogP contribution >= 0.6 is 10.7 Å². The molecule has 0 bridgehead atoms. The first kappa shape index (κ1) is 14.0. The van der Waals surface area contributed by atoms with Gasteiger partial charge in [0.25, 0.3) is 0 Å². The van der Waals surface area contributed by atoms with Crippen molar-refractivity contribution in [1.82, 2.24) is 15.0 Å². The van der Waals surface area contributed by atoms with Crippen molar-refractivity contribution in [3.8, 4) is 11.3 Å². The number of benzene rings is 1. The Labute approximate surface area is 116 Å². The summed E-state index contributed by atoms with van der Waals surface area (Å²) in [4.78, 5) is 0. The molecule has 0 amide bonds. The largest absolute Gasteiger partial charge is 0.242 e. The predicted molar refractivity (Wildman–Crippen MR) is 74.3 cm³/mol. The van der Waals surface area contributed by atoms with Crippen LogP contribution in [0.3, 0.4) is 0 Å². The maximum atomic E-state index is 11.3. The minimum atomic E-state index is -3.66. The molecule has 1 aromatic carbocycles. The highest BCUT2D eigenvalue weighted by Crippen LogP contribution is 2.26. The second kappa shape index (κ2) is 5.30. The van der Waals surface area contributed by atoms with Gasteiger partial charge in [0, 0.05) is 22.3 Å². The fourth-order valence-electron chi connectivity index (χ4n) is 1.84. The number of hydrogen-bond donors (Lipinski definition) is 0. The number of aromatic nitrogens is 3. The third-order valence-corrected chi connectivity index (χ3v) is 3.56. The summed E-state index contributed by atoms with van der Waals surface area (Å²) in [6, 6.07) is 9.52. The maximum absolute atomic E-state index is 11.3. The molecule has 2 rings (SSSR count). The third kappa shape index (κ3) is 3.33. The lowest BCUT2D eigenvalue weighted by atomic mass is 10.1. The van der Waals surface area contributed by atoms with Crippen molar-refractivity contribution in [1.29, 1.82) is 0 Å². The molecule has 19 heavy (non-hydrogen) atoms. The van der Waals surface area contributed by atoms with Gasteiger partial charge in [-0.2, -0.15) is 0 Å². The summed E-state index contributed by atoms with van der Waals surface area (Å²) in [5.74, 6) is -0.328. The van der Waals surface area contributed by atoms with Crippen LogP contribution in [0.1, 0.15) is 25.6 Å². The van der Waals surface area contributed by atoms with Crippen molar-refractivity contribution < 1.29 is 8.42 Å². The quantitative estimate of drug-likeness (QED) is 0.814. The van der Waals surface area contributed by atoms with E-state index in [1.165, 1.54) is 0 Å². The van der Waals surface area contributed by atoms with Crippen LogP contribution in [0.2, 0.25) is 0 Å². The molecule has 1 aromatic heterocycles. The summed E-state index contributed by atoms with van der Waals surface area (Å²) in [5.41, 5.74) is 1.94. The Bertz CT molecular complexity index is 666. The molecule has 0 aliphatic heterocycles. The Morgan fingerprint density at radius 1 is 1.26 bits per heavy atom. The van der Waals surface area contributed by atoms with E-state index in [2.05, 4.69) is 10.3 Å². The smallest absolute Gasteiger partial charge is 0.238 e. The SMILES string of the molecule is CC(C)n1nnc(CS(=O)(=O)Cl)c1-c1ccccc1. The van der Waals surface area contributed by atoms with Crippen molar-refractivity contribution in [2.75, 3.05) is 0 Å². The van der Waals surface area contributed by atoms with Gasteiger partial charge in [0.05, 0.1) is 5.69 Å². The molecule has 0 atom stereocenters. The Hall–Kier alpha value is -1.40. The predicted octanol–water partition coefficient (Wildman–Crippen LogP) is 2.59. The Morgan fingerprint density at radius 2 is 1.89 bits per heavy atom. The molecule has 7 heteroatoms. The highest BCUT2D eigenvalue weighted by molar-refractivity contribution is 8.13. The van der Waals surface area contributed by atoms with Crippen molar-refractivity contribution in [3.63, 3.8) is 0 Å². The highest BCUT2D eigenvalue weighted by Gasteiger charge is 2.20. The molecule has 0 saturated heterocycles. The van der Waals surface area contributed by atoms with Gasteiger partial charge in [-0.05, 0) is 13.8 Å². The van der Waals surface area contributed by atoms with E-state index in [-0.39, 0.29) is 11.8 Å². The van der Waals surface area contributed by atoms with E-state index in [0.29, 0.717) is 11.4 Å². The second-order valence-corrected chi connectivity index (χ2v) is 7.25. The third-order valence-electron chi connectivity index (χ3n) is 2.61. The summed E-state index contributed by atoms with van der Waals surface area (Å²) >= 11 is 0. The van der Waals surface area contributed by atoms with E-state index in [0.717, 1.165) is 5.56 Å². The summed E-state index contributed by atoms with van der Waals surface area (Å²) in [7, 11) is 1.65. The van der Waals surface area contributed by atoms with E-state index in [9.17, 15) is 8.42 Å². The van der Waals surface area contributed by atoms with Crippen molar-refractivity contribution in [2.45, 2.75) is 25.6 Å². The average Bonchev–Trinajstić information content (AvgIpc) is 2.71. The van der Waals surface area contributed by atoms with Crippen LogP contribution in [0.5, 0.6) is 0 Å². The molecule has 0 spiro atoms. The Balaban J connectivity index is 2.58. The molecule has 5 nitrogen and oxygen atoms in total. The van der Waals surface area contributed by atoms with Crippen LogP contribution in [-0.4, -0.2) is 23.4 Å². The number of nitrogens with zero attached hydrogens (tertiary/aromatic N) is 3. The van der Waals surface area contributed by atoms with E-state index in [1.807, 2.05) is 44.2 Å². The molecular formula is C12H14ClN3O2S. The van der Waals surface area contributed by atoms with Gasteiger partial charge >= 0.3 is 0 Å². The zero-order valence-corrected chi connectivity index (χ0v) is 12.2. The van der Waals surface area contributed by atoms with Crippen LogP contribution in [0, 0.1) is 0 Å². The minimum absolute atomic E-state index is 0.0782. The summed E-state index contributed by atoms with van der Waals surface area (Å²) in [6.07, 6.45) is 0. The van der Waals surface area contributed by atoms with Crippen LogP contribution in [0.4, 0.5) is 0 Å². The number of hydrogen-bond acceptors (Lipinski definition) is 4. The molecule has 0 saturated carbocycles. The molecule has 0 aliphatic carbocycles. The van der Waals surface area contributed by atoms with Gasteiger partial charge in [-0.1, -0.05) is 35.5 Å². The lowest BCUT2D eigenvalue weighted by Crippen LogP contribution is -2.06. The maximum Gasteiger partial charge on any atom is 0.238 e. The first-order valence-corrected chi connectivity index (χ1v) is 8.28. The van der Waals surface area contributed by atoms with Gasteiger partial charge in [0.1, 0.15) is 11.4 Å². The molecule has 1 heterocycles. The van der Waals surface area contributed by atoms with Crippen molar-refractivity contribution in [3.05, 3.63) is 36.0 Å². The molecule has 102 valence electrons. The first-order valence-electron chi connectivity index (χ1n) is 5.80. The van der Waals surface area contributed by atoms with Crippen molar-refractivity contribution in [2.24, 2.45) is 0 Å². The monoisotopic (exact) mass is 299 g/mol. The number of halogens is 1. The summed E-state index contributed by atoms with van der Waals surface area (Å²) in [6.45, 7) is 3.92. The lowest BCUT2D eigenvalue weighted by Gasteiger charge is -2.10. The molecule has 0 aliphatic rings. The minimum Gasteiger partial charge on any atom is -0.242 e. The molecular weight excluding hydrogens is 286 g/mol.